The molecule has 11 aromatic carbocycles. The summed E-state index contributed by atoms with van der Waals surface area (Å²) in [5.41, 5.74) is 19.0. The number of anilines is 6. The van der Waals surface area contributed by atoms with E-state index in [4.69, 9.17) is 0 Å². The molecule has 67 heavy (non-hydrogen) atoms. The van der Waals surface area contributed by atoms with Crippen molar-refractivity contribution in [3.8, 4) is 11.1 Å². The lowest BCUT2D eigenvalue weighted by Gasteiger charge is -2.35. The molecule has 2 nitrogen and oxygen atoms in total. The van der Waals surface area contributed by atoms with Crippen LogP contribution in [0.1, 0.15) is 44.5 Å². The van der Waals surface area contributed by atoms with Gasteiger partial charge in [-0.2, -0.15) is 0 Å². The molecule has 0 aromatic heterocycles. The first-order valence-electron chi connectivity index (χ1n) is 23.4. The van der Waals surface area contributed by atoms with E-state index in [2.05, 4.69) is 268 Å². The first kappa shape index (κ1) is 40.3. The van der Waals surface area contributed by atoms with Gasteiger partial charge in [0.2, 0.25) is 0 Å². The van der Waals surface area contributed by atoms with Crippen LogP contribution in [-0.4, -0.2) is 0 Å². The summed E-state index contributed by atoms with van der Waals surface area (Å²) in [6.07, 6.45) is 0. The Morgan fingerprint density at radius 3 is 1.31 bits per heavy atom. The van der Waals surface area contributed by atoms with E-state index in [1.165, 1.54) is 88.0 Å². The Morgan fingerprint density at radius 2 is 0.761 bits per heavy atom. The lowest BCUT2D eigenvalue weighted by molar-refractivity contribution is 0.777. The van der Waals surface area contributed by atoms with E-state index >= 15 is 0 Å². The second-order valence-electron chi connectivity index (χ2n) is 18.3. The van der Waals surface area contributed by atoms with Crippen LogP contribution in [0.2, 0.25) is 0 Å². The smallest absolute Gasteiger partial charge is 0.0720 e. The second-order valence-corrected chi connectivity index (χ2v) is 18.3. The van der Waals surface area contributed by atoms with Crippen molar-refractivity contribution in [2.45, 2.75) is 33.1 Å². The van der Waals surface area contributed by atoms with Gasteiger partial charge in [0.05, 0.1) is 5.41 Å². The van der Waals surface area contributed by atoms with Crippen LogP contribution in [0.4, 0.5) is 34.1 Å². The summed E-state index contributed by atoms with van der Waals surface area (Å²) >= 11 is 0. The Morgan fingerprint density at radius 1 is 0.299 bits per heavy atom. The zero-order chi connectivity index (χ0) is 45.2. The van der Waals surface area contributed by atoms with Crippen LogP contribution >= 0.6 is 0 Å². The minimum atomic E-state index is -0.637. The Hall–Kier alpha value is -8.20. The summed E-state index contributed by atoms with van der Waals surface area (Å²) in [6, 6.07) is 86.0. The van der Waals surface area contributed by atoms with Crippen molar-refractivity contribution in [2.75, 3.05) is 9.80 Å². The molecule has 0 N–H and O–H groups in total. The molecule has 1 aliphatic carbocycles. The topological polar surface area (TPSA) is 6.48 Å². The normalized spacial score (nSPS) is 12.6. The van der Waals surface area contributed by atoms with Crippen molar-refractivity contribution in [1.29, 1.82) is 0 Å². The Balaban J connectivity index is 1.16. The quantitative estimate of drug-likeness (QED) is 0.141. The van der Waals surface area contributed by atoms with Gasteiger partial charge in [0, 0.05) is 34.1 Å². The summed E-state index contributed by atoms with van der Waals surface area (Å²) in [6.45, 7) is 8.78. The van der Waals surface area contributed by atoms with Gasteiger partial charge in [-0.25, -0.2) is 0 Å². The second kappa shape index (κ2) is 16.0. The largest absolute Gasteiger partial charge is 0.310 e. The number of para-hydroxylation sites is 2. The zero-order valence-corrected chi connectivity index (χ0v) is 38.3. The van der Waals surface area contributed by atoms with E-state index in [0.717, 1.165) is 34.1 Å². The summed E-state index contributed by atoms with van der Waals surface area (Å²) in [5, 5.41) is 7.41. The summed E-state index contributed by atoms with van der Waals surface area (Å²) in [7, 11) is 0. The van der Waals surface area contributed by atoms with Gasteiger partial charge in [-0.05, 0) is 201 Å². The van der Waals surface area contributed by atoms with Crippen LogP contribution in [0.5, 0.6) is 0 Å². The minimum absolute atomic E-state index is 0.637. The minimum Gasteiger partial charge on any atom is -0.310 e. The fraction of sp³-hybridized carbons (Fsp3) is 0.0769. The number of nitrogens with zero attached hydrogens (tertiary/aromatic N) is 2. The molecule has 320 valence electrons. The van der Waals surface area contributed by atoms with Gasteiger partial charge in [0.25, 0.3) is 0 Å². The summed E-state index contributed by atoms with van der Waals surface area (Å²) in [4.78, 5) is 4.80. The molecule has 0 aliphatic heterocycles. The Kier molecular flexibility index (Phi) is 9.66. The van der Waals surface area contributed by atoms with Crippen LogP contribution < -0.4 is 9.80 Å². The predicted octanol–water partition coefficient (Wildman–Crippen LogP) is 17.7. The highest BCUT2D eigenvalue weighted by Crippen LogP contribution is 2.61. The van der Waals surface area contributed by atoms with E-state index in [9.17, 15) is 0 Å². The number of hydrogen-bond acceptors (Lipinski definition) is 2. The number of benzene rings is 11. The molecule has 0 heterocycles. The van der Waals surface area contributed by atoms with Gasteiger partial charge < -0.3 is 9.80 Å². The fourth-order valence-corrected chi connectivity index (χ4v) is 11.0. The van der Waals surface area contributed by atoms with Crippen molar-refractivity contribution in [2.24, 2.45) is 0 Å². The third-order valence-corrected chi connectivity index (χ3v) is 14.5. The molecule has 1 aliphatic rings. The van der Waals surface area contributed by atoms with Crippen LogP contribution in [0, 0.1) is 27.7 Å². The molecule has 0 amide bonds. The van der Waals surface area contributed by atoms with Gasteiger partial charge in [0.1, 0.15) is 0 Å². The molecule has 0 saturated carbocycles. The number of hydrogen-bond donors (Lipinski definition) is 0. The van der Waals surface area contributed by atoms with Crippen LogP contribution in [-0.2, 0) is 5.41 Å². The Labute approximate surface area is 393 Å². The first-order valence-corrected chi connectivity index (χ1v) is 23.4. The maximum absolute atomic E-state index is 2.52. The highest BCUT2D eigenvalue weighted by Gasteiger charge is 2.48. The highest BCUT2D eigenvalue weighted by atomic mass is 15.1. The van der Waals surface area contributed by atoms with Crippen molar-refractivity contribution in [3.63, 3.8) is 0 Å². The predicted molar refractivity (Wildman–Crippen MR) is 285 cm³/mol. The maximum Gasteiger partial charge on any atom is 0.0720 e. The Bertz CT molecular complexity index is 3630. The van der Waals surface area contributed by atoms with Crippen LogP contribution in [0.3, 0.4) is 0 Å². The highest BCUT2D eigenvalue weighted by molar-refractivity contribution is 6.20. The SMILES string of the molecule is Cc1ccc(N(c2ccccc2)c2ccc3cc4c(cc3c2)C(c2ccccc2)(c2ccccc2)c2c-4c3ccccc3c3cc(N(c4ccccc4)c4ccc(C)c(C)c4)ccc23)cc1C. The lowest BCUT2D eigenvalue weighted by atomic mass is 9.66. The summed E-state index contributed by atoms with van der Waals surface area (Å²) in [5.74, 6) is 0. The number of rotatable bonds is 8. The zero-order valence-electron chi connectivity index (χ0n) is 38.3. The fourth-order valence-electron chi connectivity index (χ4n) is 11.0. The molecule has 0 saturated heterocycles. The molecule has 0 spiro atoms. The van der Waals surface area contributed by atoms with E-state index < -0.39 is 5.41 Å². The average Bonchev–Trinajstić information content (AvgIpc) is 3.67. The molecule has 11 aromatic rings. The van der Waals surface area contributed by atoms with E-state index in [-0.39, 0.29) is 0 Å². The van der Waals surface area contributed by atoms with Gasteiger partial charge in [0.15, 0.2) is 0 Å². The van der Waals surface area contributed by atoms with Crippen LogP contribution in [0.25, 0.3) is 43.4 Å². The lowest BCUT2D eigenvalue weighted by Crippen LogP contribution is -2.29. The van der Waals surface area contributed by atoms with Gasteiger partial charge in [-0.15, -0.1) is 0 Å². The molecule has 0 fully saturated rings. The van der Waals surface area contributed by atoms with Crippen molar-refractivity contribution in [3.05, 3.63) is 275 Å². The molecule has 12 rings (SSSR count). The monoisotopic (exact) mass is 858 g/mol. The molecule has 0 bridgehead atoms. The van der Waals surface area contributed by atoms with Crippen LogP contribution in [0.15, 0.2) is 231 Å². The maximum atomic E-state index is 2.52. The number of aryl methyl sites for hydroxylation is 4. The van der Waals surface area contributed by atoms with Gasteiger partial charge in [-0.1, -0.05) is 146 Å². The average molecular weight is 859 g/mol. The third-order valence-electron chi connectivity index (χ3n) is 14.5. The van der Waals surface area contributed by atoms with Crippen molar-refractivity contribution < 1.29 is 0 Å². The van der Waals surface area contributed by atoms with E-state index in [0.29, 0.717) is 0 Å². The first-order chi connectivity index (χ1) is 32.9. The third kappa shape index (κ3) is 6.47. The number of fused-ring (bicyclic) bond motifs is 9. The van der Waals surface area contributed by atoms with E-state index in [1.54, 1.807) is 0 Å². The van der Waals surface area contributed by atoms with Crippen molar-refractivity contribution >= 4 is 66.4 Å². The summed E-state index contributed by atoms with van der Waals surface area (Å²) < 4.78 is 0. The van der Waals surface area contributed by atoms with Gasteiger partial charge >= 0.3 is 0 Å². The van der Waals surface area contributed by atoms with Gasteiger partial charge in [-0.3, -0.25) is 0 Å². The molecule has 0 radical (unpaired) electrons. The molecule has 0 atom stereocenters. The molecule has 2 heteroatoms. The molecular formula is C65H50N2. The standard InChI is InChI=1S/C65H50N2/c1-43-29-32-53(37-45(43)3)66(51-23-13-7-14-24-51)55-34-31-47-40-61-62(41-48(47)39-55)65(49-19-9-5-10-20-49,50-21-11-6-12-22-50)64-59-36-35-56(42-60(59)57-27-17-18-28-58(57)63(61)64)67(52-25-15-8-16-26-52)54-33-30-44(2)46(4)38-54/h5-42H,1-4H3. The van der Waals surface area contributed by atoms with Crippen molar-refractivity contribution in [1.82, 2.24) is 0 Å². The molecule has 0 unspecified atom stereocenters. The molecular weight excluding hydrogens is 809 g/mol. The van der Waals surface area contributed by atoms with E-state index in [1.807, 2.05) is 0 Å².